The second-order valence-electron chi connectivity index (χ2n) is 13.6. The maximum Gasteiger partial charge on any atom is 0.416 e. The minimum atomic E-state index is -4.63. The number of allylic oxidation sites excluding steroid dienone is 2. The number of ketones is 1. The monoisotopic (exact) mass is 703 g/mol. The molecule has 2 bridgehead atoms. The first-order valence-corrected chi connectivity index (χ1v) is 18.9. The van der Waals surface area contributed by atoms with E-state index < -0.39 is 50.6 Å². The lowest BCUT2D eigenvalue weighted by atomic mass is 9.64. The molecule has 48 heavy (non-hydrogen) atoms. The summed E-state index contributed by atoms with van der Waals surface area (Å²) in [5.74, 6) is -0.975. The number of aliphatic hydroxyl groups excluding tert-OH is 1. The van der Waals surface area contributed by atoms with Crippen LogP contribution in [0.25, 0.3) is 0 Å². The van der Waals surface area contributed by atoms with Gasteiger partial charge in [0.15, 0.2) is 5.78 Å². The highest BCUT2D eigenvalue weighted by atomic mass is 32.2. The van der Waals surface area contributed by atoms with Gasteiger partial charge in [-0.1, -0.05) is 55.8 Å². The van der Waals surface area contributed by atoms with E-state index in [1.54, 1.807) is 23.6 Å². The first kappa shape index (κ1) is 36.5. The predicted octanol–water partition coefficient (Wildman–Crippen LogP) is 8.14. The third-order valence-corrected chi connectivity index (χ3v) is 13.6. The minimum absolute atomic E-state index is 0.102. The summed E-state index contributed by atoms with van der Waals surface area (Å²) in [4.78, 5) is 14.2. The molecule has 3 aromatic rings. The van der Waals surface area contributed by atoms with Crippen molar-refractivity contribution in [3.05, 3.63) is 99.4 Å². The number of hydrogen-bond donors (Lipinski definition) is 2. The highest BCUT2D eigenvalue weighted by Crippen LogP contribution is 2.59. The zero-order chi connectivity index (χ0) is 34.9. The Balaban J connectivity index is 1.63. The van der Waals surface area contributed by atoms with Crippen LogP contribution in [0.4, 0.5) is 13.2 Å². The number of halogens is 3. The van der Waals surface area contributed by atoms with Crippen LogP contribution in [0.1, 0.15) is 104 Å². The lowest BCUT2D eigenvalue weighted by molar-refractivity contribution is -0.137. The number of sulfonamides is 1. The van der Waals surface area contributed by atoms with Crippen molar-refractivity contribution in [2.45, 2.75) is 100 Å². The molecule has 0 spiro atoms. The van der Waals surface area contributed by atoms with Crippen molar-refractivity contribution < 1.29 is 36.6 Å². The van der Waals surface area contributed by atoms with E-state index >= 15 is 0 Å². The van der Waals surface area contributed by atoms with E-state index in [-0.39, 0.29) is 41.3 Å². The lowest BCUT2D eigenvalue weighted by Crippen LogP contribution is -2.53. The maximum absolute atomic E-state index is 14.2. The summed E-state index contributed by atoms with van der Waals surface area (Å²) >= 11 is 1.13. The molecule has 0 aliphatic heterocycles. The van der Waals surface area contributed by atoms with Gasteiger partial charge >= 0.3 is 6.18 Å². The molecule has 11 heteroatoms. The maximum atomic E-state index is 14.2. The van der Waals surface area contributed by atoms with Gasteiger partial charge in [0.05, 0.1) is 17.3 Å². The van der Waals surface area contributed by atoms with E-state index in [0.717, 1.165) is 29.0 Å². The molecule has 1 fully saturated rings. The van der Waals surface area contributed by atoms with Crippen LogP contribution in [0.15, 0.2) is 75.8 Å². The fourth-order valence-electron chi connectivity index (χ4n) is 7.55. The van der Waals surface area contributed by atoms with Gasteiger partial charge in [-0.15, -0.1) is 11.3 Å². The third-order valence-electron chi connectivity index (χ3n) is 10.4. The first-order valence-electron chi connectivity index (χ1n) is 16.5. The van der Waals surface area contributed by atoms with Crippen LogP contribution in [0.3, 0.4) is 0 Å². The number of hydrogen-bond acceptors (Lipinski definition) is 6. The molecular formula is C37H44F3NO5S2. The second-order valence-corrected chi connectivity index (χ2v) is 16.7. The van der Waals surface area contributed by atoms with Gasteiger partial charge in [0, 0.05) is 29.6 Å². The van der Waals surface area contributed by atoms with Gasteiger partial charge in [0.2, 0.25) is 0 Å². The molecule has 0 radical (unpaired) electrons. The summed E-state index contributed by atoms with van der Waals surface area (Å²) < 4.78 is 70.1. The molecule has 6 rings (SSSR count). The number of nitrogens with zero attached hydrogens (tertiary/aromatic N) is 1. The van der Waals surface area contributed by atoms with E-state index in [4.69, 9.17) is 0 Å². The molecular weight excluding hydrogens is 660 g/mol. The Hall–Kier alpha value is -2.83. The van der Waals surface area contributed by atoms with E-state index in [1.807, 2.05) is 32.9 Å². The van der Waals surface area contributed by atoms with Crippen molar-refractivity contribution in [2.24, 2.45) is 5.41 Å². The lowest BCUT2D eigenvalue weighted by Gasteiger charge is -2.46. The summed E-state index contributed by atoms with van der Waals surface area (Å²) in [6, 6.07) is 13.0. The third kappa shape index (κ3) is 7.35. The van der Waals surface area contributed by atoms with Gasteiger partial charge < -0.3 is 10.2 Å². The summed E-state index contributed by atoms with van der Waals surface area (Å²) in [6.45, 7) is 5.95. The summed E-state index contributed by atoms with van der Waals surface area (Å²) in [5, 5.41) is 25.2. The molecule has 3 aliphatic rings. The highest BCUT2D eigenvalue weighted by Gasteiger charge is 2.58. The SMILES string of the molecule is CCCN(CC1(O)CCC2c3ccc(cc3C(=O)c3cccc(C(F)(F)F)c3)CC(O)CCC(C)=CCCC21C)S(=O)(=O)c1cccs1. The van der Waals surface area contributed by atoms with Gasteiger partial charge in [0.25, 0.3) is 10.0 Å². The molecule has 4 unspecified atom stereocenters. The number of rotatable bonds is 8. The van der Waals surface area contributed by atoms with Crippen molar-refractivity contribution >= 4 is 27.1 Å². The summed E-state index contributed by atoms with van der Waals surface area (Å²) in [5.41, 5.74) is -0.768. The van der Waals surface area contributed by atoms with Gasteiger partial charge in [-0.05, 0) is 105 Å². The van der Waals surface area contributed by atoms with Gasteiger partial charge in [-0.3, -0.25) is 4.79 Å². The van der Waals surface area contributed by atoms with Gasteiger partial charge in [0.1, 0.15) is 4.21 Å². The molecule has 3 aliphatic carbocycles. The number of carbonyl (C=O) groups excluding carboxylic acids is 1. The molecule has 1 saturated carbocycles. The van der Waals surface area contributed by atoms with Crippen molar-refractivity contribution in [1.29, 1.82) is 0 Å². The van der Waals surface area contributed by atoms with Gasteiger partial charge in [-0.25, -0.2) is 8.42 Å². The predicted molar refractivity (Wildman–Crippen MR) is 182 cm³/mol. The number of aliphatic hydroxyl groups is 2. The molecule has 6 nitrogen and oxygen atoms in total. The van der Waals surface area contributed by atoms with Crippen molar-refractivity contribution in [3.63, 3.8) is 0 Å². The summed E-state index contributed by atoms with van der Waals surface area (Å²) in [6.07, 6.45) is 0.551. The molecule has 1 heterocycles. The van der Waals surface area contributed by atoms with Crippen LogP contribution in [-0.2, 0) is 22.6 Å². The van der Waals surface area contributed by atoms with Crippen LogP contribution < -0.4 is 0 Å². The second kappa shape index (κ2) is 14.2. The number of benzene rings is 2. The Bertz CT molecular complexity index is 1750. The molecule has 1 aromatic heterocycles. The van der Waals surface area contributed by atoms with E-state index in [1.165, 1.54) is 16.4 Å². The zero-order valence-electron chi connectivity index (χ0n) is 27.6. The standard InChI is InChI=1S/C37H44F3NO5S2/c1-4-19-41(48(45,46)33-11-7-20-47-33)24-36(44)18-16-32-30-15-13-26(21-29(42)14-12-25(2)8-6-17-35(32,36)3)22-31(30)34(43)27-9-5-10-28(23-27)37(38,39)40/h5,7-11,13,15,20,22-23,29,32,42,44H,4,6,12,14,16-19,21,24H2,1-3H3. The summed E-state index contributed by atoms with van der Waals surface area (Å²) in [7, 11) is -3.89. The Morgan fingerprint density at radius 1 is 1.08 bits per heavy atom. The topological polar surface area (TPSA) is 94.9 Å². The van der Waals surface area contributed by atoms with Gasteiger partial charge in [-0.2, -0.15) is 17.5 Å². The average Bonchev–Trinajstić information content (AvgIpc) is 3.67. The Kier molecular flexibility index (Phi) is 10.8. The smallest absolute Gasteiger partial charge is 0.393 e. The fraction of sp³-hybridized carbons (Fsp3) is 0.486. The Morgan fingerprint density at radius 3 is 2.54 bits per heavy atom. The molecule has 0 saturated heterocycles. The van der Waals surface area contributed by atoms with Crippen LogP contribution in [0.2, 0.25) is 0 Å². The van der Waals surface area contributed by atoms with Crippen LogP contribution in [-0.4, -0.2) is 53.5 Å². The molecule has 2 aromatic carbocycles. The number of alkyl halides is 3. The Morgan fingerprint density at radius 2 is 1.85 bits per heavy atom. The Labute approximate surface area is 285 Å². The van der Waals surface area contributed by atoms with Crippen LogP contribution >= 0.6 is 11.3 Å². The number of carbonyl (C=O) groups is 1. The first-order chi connectivity index (χ1) is 22.6. The minimum Gasteiger partial charge on any atom is -0.393 e. The molecule has 2 N–H and O–H groups in total. The fourth-order valence-corrected chi connectivity index (χ4v) is 10.3. The van der Waals surface area contributed by atoms with Crippen LogP contribution in [0, 0.1) is 5.41 Å². The highest BCUT2D eigenvalue weighted by molar-refractivity contribution is 7.91. The molecule has 260 valence electrons. The zero-order valence-corrected chi connectivity index (χ0v) is 29.2. The average molecular weight is 704 g/mol. The molecule has 4 atom stereocenters. The normalized spacial score (nSPS) is 25.5. The van der Waals surface area contributed by atoms with Crippen molar-refractivity contribution in [2.75, 3.05) is 13.1 Å². The van der Waals surface area contributed by atoms with Crippen molar-refractivity contribution in [1.82, 2.24) is 4.31 Å². The quantitative estimate of drug-likeness (QED) is 0.183. The van der Waals surface area contributed by atoms with Crippen molar-refractivity contribution in [3.8, 4) is 0 Å². The number of fused-ring (bicyclic) bond motifs is 8. The largest absolute Gasteiger partial charge is 0.416 e. The van der Waals surface area contributed by atoms with E-state index in [2.05, 4.69) is 6.08 Å². The van der Waals surface area contributed by atoms with E-state index in [0.29, 0.717) is 49.7 Å². The number of thiophene rings is 1. The van der Waals surface area contributed by atoms with Crippen LogP contribution in [0.5, 0.6) is 0 Å². The van der Waals surface area contributed by atoms with E-state index in [9.17, 15) is 36.6 Å². The molecule has 0 amide bonds.